The number of halogens is 2. The molecule has 148 valence electrons. The number of likely N-dealkylation sites (tertiary alicyclic amines) is 1. The predicted octanol–water partition coefficient (Wildman–Crippen LogP) is 2.51. The largest absolute Gasteiger partial charge is 0.349 e. The molecule has 0 bridgehead atoms. The number of amides is 2. The summed E-state index contributed by atoms with van der Waals surface area (Å²) in [4.78, 5) is 35.4. The molecule has 6 nitrogen and oxygen atoms in total. The van der Waals surface area contributed by atoms with Crippen LogP contribution in [0.15, 0.2) is 30.6 Å². The van der Waals surface area contributed by atoms with Crippen molar-refractivity contribution in [2.24, 2.45) is 5.41 Å². The number of benzene rings is 1. The zero-order chi connectivity index (χ0) is 20.3. The maximum Gasteiger partial charge on any atom is 0.238 e. The number of nitrogens with zero attached hydrogens (tertiary/aromatic N) is 3. The minimum absolute atomic E-state index is 0.0747. The molecule has 1 atom stereocenters. The highest BCUT2D eigenvalue weighted by atomic mass is 19.2. The molecule has 1 fully saturated rings. The van der Waals surface area contributed by atoms with Gasteiger partial charge in [-0.15, -0.1) is 0 Å². The van der Waals surface area contributed by atoms with Gasteiger partial charge in [0.15, 0.2) is 11.6 Å². The fourth-order valence-electron chi connectivity index (χ4n) is 3.30. The molecule has 0 radical (unpaired) electrons. The first-order chi connectivity index (χ1) is 13.3. The quantitative estimate of drug-likeness (QED) is 0.799. The Kier molecular flexibility index (Phi) is 5.67. The minimum Gasteiger partial charge on any atom is -0.349 e. The van der Waals surface area contributed by atoms with Crippen LogP contribution in [0.25, 0.3) is 0 Å². The van der Waals surface area contributed by atoms with Gasteiger partial charge in [0.05, 0.1) is 24.1 Å². The van der Waals surface area contributed by atoms with Crippen LogP contribution in [0.1, 0.15) is 36.7 Å². The predicted molar refractivity (Wildman–Crippen MR) is 97.7 cm³/mol. The molecule has 0 saturated carbocycles. The van der Waals surface area contributed by atoms with E-state index in [0.29, 0.717) is 25.1 Å². The molecular weight excluding hydrogens is 366 g/mol. The molecule has 1 aliphatic heterocycles. The second kappa shape index (κ2) is 8.00. The number of aryl methyl sites for hydroxylation is 1. The first kappa shape index (κ1) is 19.9. The average Bonchev–Trinajstić information content (AvgIpc) is 2.68. The van der Waals surface area contributed by atoms with Gasteiger partial charge in [0.2, 0.25) is 11.8 Å². The summed E-state index contributed by atoms with van der Waals surface area (Å²) in [6, 6.07) is 3.87. The van der Waals surface area contributed by atoms with Crippen LogP contribution < -0.4 is 5.32 Å². The van der Waals surface area contributed by atoms with Crippen LogP contribution in [0.5, 0.6) is 0 Å². The molecule has 0 aliphatic carbocycles. The van der Waals surface area contributed by atoms with Crippen molar-refractivity contribution in [1.82, 2.24) is 20.2 Å². The van der Waals surface area contributed by atoms with Crippen molar-refractivity contribution in [3.8, 4) is 0 Å². The highest BCUT2D eigenvalue weighted by Crippen LogP contribution is 2.32. The van der Waals surface area contributed by atoms with Gasteiger partial charge in [0, 0.05) is 24.8 Å². The van der Waals surface area contributed by atoms with Gasteiger partial charge < -0.3 is 10.2 Å². The highest BCUT2D eigenvalue weighted by molar-refractivity contribution is 6.05. The standard InChI is InChI=1S/C20H22F2N4O2/c1-13-9-24-15(10-23-13)11-25-18(27)20(2)7-4-8-26(19(20)28)12-14-5-3-6-16(21)17(14)22/h3,5-6,9-10H,4,7-8,11-12H2,1-2H3,(H,25,27). The lowest BCUT2D eigenvalue weighted by Crippen LogP contribution is -2.54. The third-order valence-electron chi connectivity index (χ3n) is 5.02. The van der Waals surface area contributed by atoms with Crippen molar-refractivity contribution in [3.63, 3.8) is 0 Å². The van der Waals surface area contributed by atoms with E-state index in [9.17, 15) is 18.4 Å². The Balaban J connectivity index is 1.69. The number of hydrogen-bond acceptors (Lipinski definition) is 4. The Morgan fingerprint density at radius 2 is 2.07 bits per heavy atom. The van der Waals surface area contributed by atoms with Gasteiger partial charge in [0.25, 0.3) is 0 Å². The fraction of sp³-hybridized carbons (Fsp3) is 0.400. The number of piperidine rings is 1. The summed E-state index contributed by atoms with van der Waals surface area (Å²) in [5.74, 6) is -2.73. The molecule has 8 heteroatoms. The van der Waals surface area contributed by atoms with Crippen LogP contribution in [-0.2, 0) is 22.7 Å². The third-order valence-corrected chi connectivity index (χ3v) is 5.02. The maximum atomic E-state index is 14.0. The molecule has 2 amide bonds. The van der Waals surface area contributed by atoms with Crippen molar-refractivity contribution in [2.45, 2.75) is 39.8 Å². The SMILES string of the molecule is Cc1cnc(CNC(=O)C2(C)CCCN(Cc3cccc(F)c3F)C2=O)cn1. The summed E-state index contributed by atoms with van der Waals surface area (Å²) in [6.07, 6.45) is 4.15. The normalized spacial score (nSPS) is 19.6. The number of carbonyl (C=O) groups excluding carboxylic acids is 2. The van der Waals surface area contributed by atoms with E-state index in [-0.39, 0.29) is 18.7 Å². The van der Waals surface area contributed by atoms with Crippen LogP contribution in [-0.4, -0.2) is 33.2 Å². The number of hydrogen-bond donors (Lipinski definition) is 1. The smallest absolute Gasteiger partial charge is 0.238 e. The van der Waals surface area contributed by atoms with E-state index in [1.54, 1.807) is 19.3 Å². The Morgan fingerprint density at radius 3 is 2.79 bits per heavy atom. The number of aromatic nitrogens is 2. The Morgan fingerprint density at radius 1 is 1.29 bits per heavy atom. The monoisotopic (exact) mass is 388 g/mol. The summed E-state index contributed by atoms with van der Waals surface area (Å²) in [5.41, 5.74) is 0.183. The summed E-state index contributed by atoms with van der Waals surface area (Å²) >= 11 is 0. The van der Waals surface area contributed by atoms with Crippen LogP contribution in [0.2, 0.25) is 0 Å². The molecule has 2 heterocycles. The first-order valence-electron chi connectivity index (χ1n) is 9.09. The molecular formula is C20H22F2N4O2. The fourth-order valence-corrected chi connectivity index (χ4v) is 3.30. The lowest BCUT2D eigenvalue weighted by molar-refractivity contribution is -0.154. The average molecular weight is 388 g/mol. The van der Waals surface area contributed by atoms with Gasteiger partial charge in [-0.3, -0.25) is 19.6 Å². The molecule has 1 aromatic carbocycles. The zero-order valence-corrected chi connectivity index (χ0v) is 15.8. The van der Waals surface area contributed by atoms with Gasteiger partial charge in [-0.2, -0.15) is 0 Å². The summed E-state index contributed by atoms with van der Waals surface area (Å²) < 4.78 is 27.4. The molecule has 1 N–H and O–H groups in total. The summed E-state index contributed by atoms with van der Waals surface area (Å²) in [7, 11) is 0. The van der Waals surface area contributed by atoms with Crippen molar-refractivity contribution >= 4 is 11.8 Å². The van der Waals surface area contributed by atoms with Crippen molar-refractivity contribution in [1.29, 1.82) is 0 Å². The van der Waals surface area contributed by atoms with Gasteiger partial charge in [-0.05, 0) is 32.8 Å². The highest BCUT2D eigenvalue weighted by Gasteiger charge is 2.45. The maximum absolute atomic E-state index is 14.0. The summed E-state index contributed by atoms with van der Waals surface area (Å²) in [6.45, 7) is 3.87. The van der Waals surface area contributed by atoms with Crippen molar-refractivity contribution in [2.75, 3.05) is 6.54 Å². The van der Waals surface area contributed by atoms with Gasteiger partial charge in [0.1, 0.15) is 5.41 Å². The van der Waals surface area contributed by atoms with Gasteiger partial charge in [-0.1, -0.05) is 12.1 Å². The zero-order valence-electron chi connectivity index (χ0n) is 15.8. The molecule has 1 aliphatic rings. The Bertz CT molecular complexity index is 888. The lowest BCUT2D eigenvalue weighted by atomic mass is 9.79. The van der Waals surface area contributed by atoms with E-state index in [1.165, 1.54) is 17.0 Å². The number of nitrogens with one attached hydrogen (secondary N) is 1. The molecule has 3 rings (SSSR count). The van der Waals surface area contributed by atoms with E-state index < -0.39 is 28.9 Å². The molecule has 1 aromatic heterocycles. The molecule has 1 saturated heterocycles. The van der Waals surface area contributed by atoms with E-state index in [1.807, 2.05) is 6.92 Å². The Labute approximate surface area is 162 Å². The Hall–Kier alpha value is -2.90. The van der Waals surface area contributed by atoms with Crippen molar-refractivity contribution < 1.29 is 18.4 Å². The van der Waals surface area contributed by atoms with E-state index >= 15 is 0 Å². The second-order valence-corrected chi connectivity index (χ2v) is 7.21. The van der Waals surface area contributed by atoms with Gasteiger partial charge in [-0.25, -0.2) is 8.78 Å². The van der Waals surface area contributed by atoms with Crippen LogP contribution in [0.3, 0.4) is 0 Å². The number of carbonyl (C=O) groups is 2. The first-order valence-corrected chi connectivity index (χ1v) is 9.09. The molecule has 0 spiro atoms. The van der Waals surface area contributed by atoms with Crippen LogP contribution in [0, 0.1) is 24.0 Å². The molecule has 28 heavy (non-hydrogen) atoms. The van der Waals surface area contributed by atoms with E-state index in [4.69, 9.17) is 0 Å². The second-order valence-electron chi connectivity index (χ2n) is 7.21. The third kappa shape index (κ3) is 4.00. The van der Waals surface area contributed by atoms with Crippen LogP contribution >= 0.6 is 0 Å². The van der Waals surface area contributed by atoms with Crippen molar-refractivity contribution in [3.05, 3.63) is 59.2 Å². The summed E-state index contributed by atoms with van der Waals surface area (Å²) in [5, 5.41) is 2.74. The van der Waals surface area contributed by atoms with Gasteiger partial charge >= 0.3 is 0 Å². The molecule has 2 aromatic rings. The van der Waals surface area contributed by atoms with E-state index in [0.717, 1.165) is 11.8 Å². The van der Waals surface area contributed by atoms with E-state index in [2.05, 4.69) is 15.3 Å². The lowest BCUT2D eigenvalue weighted by Gasteiger charge is -2.38. The molecule has 1 unspecified atom stereocenters. The van der Waals surface area contributed by atoms with Crippen LogP contribution in [0.4, 0.5) is 8.78 Å². The minimum atomic E-state index is -1.26. The topological polar surface area (TPSA) is 75.2 Å². The number of rotatable bonds is 5.